The van der Waals surface area contributed by atoms with E-state index in [0.717, 1.165) is 0 Å². The van der Waals surface area contributed by atoms with Crippen molar-refractivity contribution in [2.45, 2.75) is 25.2 Å². The smallest absolute Gasteiger partial charge is 0.388 e. The topological polar surface area (TPSA) is 127 Å². The molecule has 0 aromatic heterocycles. The Labute approximate surface area is 91.6 Å². The van der Waals surface area contributed by atoms with Gasteiger partial charge in [0.15, 0.2) is 0 Å². The molecule has 0 spiro atoms. The first-order chi connectivity index (χ1) is 6.65. The molecule has 0 aliphatic rings. The summed E-state index contributed by atoms with van der Waals surface area (Å²) in [5.41, 5.74) is 0. The second kappa shape index (κ2) is 5.97. The number of phosphoric acid groups is 1. The molecule has 0 saturated carbocycles. The van der Waals surface area contributed by atoms with Crippen molar-refractivity contribution >= 4 is 24.9 Å². The molecule has 1 unspecified atom stereocenters. The van der Waals surface area contributed by atoms with E-state index < -0.39 is 32.7 Å². The molecule has 90 valence electrons. The van der Waals surface area contributed by atoms with E-state index in [1.165, 1.54) is 6.92 Å². The summed E-state index contributed by atoms with van der Waals surface area (Å²) in [6.07, 6.45) is -4.29. The Balaban J connectivity index is 4.16. The van der Waals surface area contributed by atoms with Crippen molar-refractivity contribution in [3.8, 4) is 0 Å². The molecule has 5 N–H and O–H groups in total. The highest BCUT2D eigenvalue weighted by molar-refractivity contribution is 7.80. The Hall–Kier alpha value is 0.0800. The second-order valence-electron chi connectivity index (χ2n) is 2.88. The van der Waals surface area contributed by atoms with E-state index in [0.29, 0.717) is 0 Å². The van der Waals surface area contributed by atoms with Crippen molar-refractivity contribution in [2.75, 3.05) is 6.61 Å². The maximum Gasteiger partial charge on any atom is 0.469 e. The van der Waals surface area contributed by atoms with Crippen LogP contribution in [0.5, 0.6) is 0 Å². The quantitative estimate of drug-likeness (QED) is 0.290. The van der Waals surface area contributed by atoms with Crippen molar-refractivity contribution in [1.29, 1.82) is 0 Å². The lowest BCUT2D eigenvalue weighted by molar-refractivity contribution is 0.0147. The van der Waals surface area contributed by atoms with Gasteiger partial charge in [-0.05, 0) is 6.92 Å². The molecule has 0 radical (unpaired) electrons. The lowest BCUT2D eigenvalue weighted by Gasteiger charge is -2.20. The minimum atomic E-state index is -4.69. The Kier molecular flexibility index (Phi) is 6.01. The van der Waals surface area contributed by atoms with Gasteiger partial charge in [-0.1, -0.05) is 12.2 Å². The summed E-state index contributed by atoms with van der Waals surface area (Å²) in [6, 6.07) is 0. The van der Waals surface area contributed by atoms with Crippen LogP contribution >= 0.6 is 20.0 Å². The largest absolute Gasteiger partial charge is 0.469 e. The molecule has 0 rings (SSSR count). The predicted molar refractivity (Wildman–Crippen MR) is 54.3 cm³/mol. The van der Waals surface area contributed by atoms with Crippen LogP contribution < -0.4 is 0 Å². The van der Waals surface area contributed by atoms with Gasteiger partial charge in [0.1, 0.15) is 12.2 Å². The zero-order valence-electron chi connectivity index (χ0n) is 7.85. The number of hydrogen-bond acceptors (Lipinski definition) is 6. The normalized spacial score (nSPS) is 18.3. The van der Waals surface area contributed by atoms with Gasteiger partial charge in [0, 0.05) is 0 Å². The number of hydrogen-bond donors (Lipinski definition) is 5. The highest BCUT2D eigenvalue weighted by atomic mass is 32.1. The minimum absolute atomic E-state index is 0.225. The molecular formula is C6H13O7PS. The highest BCUT2D eigenvalue weighted by Crippen LogP contribution is 2.35. The SMILES string of the molecule is CC(O)C(=S)[C@@H](O)[C@H](O)COP(=O)(O)O. The molecule has 0 saturated heterocycles. The molecule has 3 atom stereocenters. The molecule has 0 aliphatic heterocycles. The summed E-state index contributed by atoms with van der Waals surface area (Å²) in [7, 11) is -4.69. The third kappa shape index (κ3) is 6.29. The molecular weight excluding hydrogens is 247 g/mol. The third-order valence-electron chi connectivity index (χ3n) is 1.48. The Bertz CT molecular complexity index is 262. The molecule has 15 heavy (non-hydrogen) atoms. The third-order valence-corrected chi connectivity index (χ3v) is 2.55. The van der Waals surface area contributed by atoms with E-state index in [9.17, 15) is 14.8 Å². The predicted octanol–water partition coefficient (Wildman–Crippen LogP) is -1.43. The van der Waals surface area contributed by atoms with Crippen LogP contribution in [0.3, 0.4) is 0 Å². The maximum absolute atomic E-state index is 10.3. The van der Waals surface area contributed by atoms with Gasteiger partial charge in [0.05, 0.1) is 17.6 Å². The van der Waals surface area contributed by atoms with Crippen LogP contribution in [0.1, 0.15) is 6.92 Å². The van der Waals surface area contributed by atoms with Gasteiger partial charge >= 0.3 is 7.82 Å². The summed E-state index contributed by atoms with van der Waals surface area (Å²) in [6.45, 7) is 0.514. The van der Waals surface area contributed by atoms with Crippen molar-refractivity contribution in [3.63, 3.8) is 0 Å². The van der Waals surface area contributed by atoms with Crippen LogP contribution in [0, 0.1) is 0 Å². The molecule has 0 aromatic rings. The number of aliphatic hydroxyl groups excluding tert-OH is 3. The lowest BCUT2D eigenvalue weighted by Crippen LogP contribution is -2.40. The number of rotatable bonds is 6. The fourth-order valence-electron chi connectivity index (χ4n) is 0.701. The molecule has 0 amide bonds. The second-order valence-corrected chi connectivity index (χ2v) is 4.59. The number of aliphatic hydroxyl groups is 3. The van der Waals surface area contributed by atoms with Crippen molar-refractivity contribution < 1.29 is 34.2 Å². The van der Waals surface area contributed by atoms with Crippen LogP contribution in [-0.4, -0.2) is 54.9 Å². The Morgan fingerprint density at radius 1 is 1.40 bits per heavy atom. The van der Waals surface area contributed by atoms with Gasteiger partial charge in [-0.2, -0.15) is 0 Å². The van der Waals surface area contributed by atoms with Gasteiger partial charge in [-0.25, -0.2) is 4.57 Å². The average molecular weight is 260 g/mol. The molecule has 0 fully saturated rings. The summed E-state index contributed by atoms with van der Waals surface area (Å²) < 4.78 is 14.2. The summed E-state index contributed by atoms with van der Waals surface area (Å²) in [5.74, 6) is 0. The fourth-order valence-corrected chi connectivity index (χ4v) is 1.21. The van der Waals surface area contributed by atoms with E-state index in [1.807, 2.05) is 0 Å². The van der Waals surface area contributed by atoms with Crippen LogP contribution in [0.2, 0.25) is 0 Å². The van der Waals surface area contributed by atoms with E-state index in [4.69, 9.17) is 14.9 Å². The average Bonchev–Trinajstić information content (AvgIpc) is 2.10. The van der Waals surface area contributed by atoms with E-state index in [2.05, 4.69) is 16.7 Å². The van der Waals surface area contributed by atoms with E-state index >= 15 is 0 Å². The van der Waals surface area contributed by atoms with Crippen LogP contribution in [-0.2, 0) is 9.09 Å². The zero-order chi connectivity index (χ0) is 12.2. The van der Waals surface area contributed by atoms with Gasteiger partial charge in [-0.3, -0.25) is 4.52 Å². The summed E-state index contributed by atoms with van der Waals surface area (Å²) in [4.78, 5) is 16.4. The first kappa shape index (κ1) is 15.1. The Morgan fingerprint density at radius 2 is 1.87 bits per heavy atom. The highest BCUT2D eigenvalue weighted by Gasteiger charge is 2.26. The van der Waals surface area contributed by atoms with Crippen molar-refractivity contribution in [3.05, 3.63) is 0 Å². The molecule has 7 nitrogen and oxygen atoms in total. The monoisotopic (exact) mass is 260 g/mol. The van der Waals surface area contributed by atoms with Crippen LogP contribution in [0.25, 0.3) is 0 Å². The Morgan fingerprint density at radius 3 is 2.20 bits per heavy atom. The fraction of sp³-hybridized carbons (Fsp3) is 0.833. The maximum atomic E-state index is 10.3. The molecule has 0 bridgehead atoms. The number of phosphoric ester groups is 1. The van der Waals surface area contributed by atoms with Crippen LogP contribution in [0.15, 0.2) is 0 Å². The first-order valence-corrected chi connectivity index (χ1v) is 5.87. The summed E-state index contributed by atoms with van der Waals surface area (Å²) in [5, 5.41) is 27.4. The van der Waals surface area contributed by atoms with Crippen LogP contribution in [0.4, 0.5) is 0 Å². The van der Waals surface area contributed by atoms with Crippen molar-refractivity contribution in [1.82, 2.24) is 0 Å². The van der Waals surface area contributed by atoms with E-state index in [1.54, 1.807) is 0 Å². The van der Waals surface area contributed by atoms with Gasteiger partial charge in [0.2, 0.25) is 0 Å². The first-order valence-electron chi connectivity index (χ1n) is 3.93. The molecule has 0 aliphatic carbocycles. The van der Waals surface area contributed by atoms with Crippen molar-refractivity contribution in [2.24, 2.45) is 0 Å². The molecule has 0 aromatic carbocycles. The number of thiocarbonyl (C=S) groups is 1. The molecule has 0 heterocycles. The minimum Gasteiger partial charge on any atom is -0.388 e. The van der Waals surface area contributed by atoms with Gasteiger partial charge in [-0.15, -0.1) is 0 Å². The summed E-state index contributed by atoms with van der Waals surface area (Å²) >= 11 is 4.57. The van der Waals surface area contributed by atoms with E-state index in [-0.39, 0.29) is 4.86 Å². The lowest BCUT2D eigenvalue weighted by atomic mass is 10.1. The zero-order valence-corrected chi connectivity index (χ0v) is 9.56. The van der Waals surface area contributed by atoms with Gasteiger partial charge in [0.25, 0.3) is 0 Å². The standard InChI is InChI=1S/C6H13O7PS/c1-3(7)6(15)5(9)4(8)2-13-14(10,11)12/h3-5,7-9H,2H2,1H3,(H2,10,11,12)/t3?,4-,5+/m1/s1. The van der Waals surface area contributed by atoms with Gasteiger partial charge < -0.3 is 25.1 Å². The molecule has 9 heteroatoms.